The topological polar surface area (TPSA) is 62.0 Å². The van der Waals surface area contributed by atoms with Crippen molar-refractivity contribution >= 4 is 29.9 Å². The zero-order valence-corrected chi connectivity index (χ0v) is 20.7. The summed E-state index contributed by atoms with van der Waals surface area (Å²) >= 11 is 0. The Hall–Kier alpha value is -1.81. The van der Waals surface area contributed by atoms with Crippen molar-refractivity contribution in [2.45, 2.75) is 45.2 Å². The molecule has 3 rings (SSSR count). The maximum absolute atomic E-state index is 13.9. The first-order valence-corrected chi connectivity index (χ1v) is 10.8. The molecule has 1 aliphatic rings. The van der Waals surface area contributed by atoms with Crippen molar-refractivity contribution in [1.29, 1.82) is 0 Å². The highest BCUT2D eigenvalue weighted by Crippen LogP contribution is 2.20. The number of aliphatic imine (C=N–C) groups is 1. The van der Waals surface area contributed by atoms with Crippen molar-refractivity contribution in [2.24, 2.45) is 4.99 Å². The van der Waals surface area contributed by atoms with Crippen LogP contribution < -0.4 is 15.4 Å². The average Bonchev–Trinajstić information content (AvgIpc) is 3.27. The lowest BCUT2D eigenvalue weighted by Crippen LogP contribution is -2.49. The van der Waals surface area contributed by atoms with Gasteiger partial charge in [-0.1, -0.05) is 13.0 Å². The van der Waals surface area contributed by atoms with Gasteiger partial charge in [0, 0.05) is 45.2 Å². The average molecular weight is 544 g/mol. The Morgan fingerprint density at radius 3 is 2.74 bits per heavy atom. The Bertz CT molecular complexity index is 793. The third-order valence-corrected chi connectivity index (χ3v) is 5.29. The number of furan rings is 1. The summed E-state index contributed by atoms with van der Waals surface area (Å²) in [6.45, 7) is 6.41. The van der Waals surface area contributed by atoms with E-state index >= 15 is 0 Å². The van der Waals surface area contributed by atoms with Gasteiger partial charge in [-0.25, -0.2) is 4.39 Å². The molecule has 8 heteroatoms. The minimum atomic E-state index is -0.302. The fraction of sp³-hybridized carbons (Fsp3) is 0.522. The third-order valence-electron chi connectivity index (χ3n) is 5.29. The number of likely N-dealkylation sites (tertiary alicyclic amines) is 1. The van der Waals surface area contributed by atoms with Crippen LogP contribution in [-0.4, -0.2) is 50.2 Å². The van der Waals surface area contributed by atoms with Gasteiger partial charge in [0.25, 0.3) is 0 Å². The van der Waals surface area contributed by atoms with Gasteiger partial charge in [0.1, 0.15) is 5.76 Å². The molecule has 0 bridgehead atoms. The number of guanidine groups is 1. The first-order valence-electron chi connectivity index (χ1n) is 10.8. The van der Waals surface area contributed by atoms with Crippen molar-refractivity contribution in [3.8, 4) is 5.75 Å². The number of hydrogen-bond acceptors (Lipinski definition) is 4. The molecule has 31 heavy (non-hydrogen) atoms. The molecule has 2 N–H and O–H groups in total. The molecule has 172 valence electrons. The minimum Gasteiger partial charge on any atom is -0.494 e. The Morgan fingerprint density at radius 1 is 1.29 bits per heavy atom. The number of halogens is 2. The summed E-state index contributed by atoms with van der Waals surface area (Å²) in [6, 6.07) is 9.49. The van der Waals surface area contributed by atoms with Crippen molar-refractivity contribution in [2.75, 3.05) is 33.3 Å². The second-order valence-electron chi connectivity index (χ2n) is 7.65. The molecule has 0 aliphatic carbocycles. The van der Waals surface area contributed by atoms with Gasteiger partial charge in [-0.15, -0.1) is 24.0 Å². The molecule has 2 heterocycles. The maximum atomic E-state index is 13.9. The molecule has 1 fully saturated rings. The predicted molar refractivity (Wildman–Crippen MR) is 133 cm³/mol. The molecule has 0 saturated carbocycles. The zero-order valence-electron chi connectivity index (χ0n) is 18.4. The van der Waals surface area contributed by atoms with E-state index in [-0.39, 0.29) is 29.8 Å². The van der Waals surface area contributed by atoms with E-state index in [0.717, 1.165) is 75.7 Å². The molecular weight excluding hydrogens is 510 g/mol. The van der Waals surface area contributed by atoms with Crippen LogP contribution in [-0.2, 0) is 13.0 Å². The van der Waals surface area contributed by atoms with Crippen molar-refractivity contribution in [3.63, 3.8) is 0 Å². The lowest BCUT2D eigenvalue weighted by molar-refractivity contribution is 0.198. The molecular formula is C23H34FIN4O2. The van der Waals surface area contributed by atoms with E-state index in [0.29, 0.717) is 11.8 Å². The summed E-state index contributed by atoms with van der Waals surface area (Å²) in [5.74, 6) is 1.84. The largest absolute Gasteiger partial charge is 0.494 e. The van der Waals surface area contributed by atoms with Crippen LogP contribution in [0.25, 0.3) is 0 Å². The van der Waals surface area contributed by atoms with Gasteiger partial charge in [0.15, 0.2) is 17.5 Å². The highest BCUT2D eigenvalue weighted by molar-refractivity contribution is 14.0. The molecule has 0 spiro atoms. The van der Waals surface area contributed by atoms with E-state index in [1.807, 2.05) is 18.2 Å². The van der Waals surface area contributed by atoms with Crippen LogP contribution in [0.15, 0.2) is 46.0 Å². The summed E-state index contributed by atoms with van der Waals surface area (Å²) in [4.78, 5) is 7.03. The first-order chi connectivity index (χ1) is 14.7. The molecule has 0 amide bonds. The molecule has 0 atom stereocenters. The van der Waals surface area contributed by atoms with E-state index in [1.54, 1.807) is 18.4 Å². The minimum absolute atomic E-state index is 0. The maximum Gasteiger partial charge on any atom is 0.191 e. The molecule has 1 saturated heterocycles. The van der Waals surface area contributed by atoms with Gasteiger partial charge in [-0.2, -0.15) is 0 Å². The Balaban J connectivity index is 0.00000341. The molecule has 1 aromatic heterocycles. The second-order valence-corrected chi connectivity index (χ2v) is 7.65. The van der Waals surface area contributed by atoms with Gasteiger partial charge in [-0.3, -0.25) is 9.89 Å². The zero-order chi connectivity index (χ0) is 21.2. The number of hydrogen-bond donors (Lipinski definition) is 2. The fourth-order valence-electron chi connectivity index (χ4n) is 3.63. The van der Waals surface area contributed by atoms with E-state index in [2.05, 4.69) is 27.4 Å². The van der Waals surface area contributed by atoms with E-state index < -0.39 is 0 Å². The van der Waals surface area contributed by atoms with Gasteiger partial charge in [0.05, 0.1) is 13.4 Å². The number of ether oxygens (including phenoxy) is 1. The summed E-state index contributed by atoms with van der Waals surface area (Å²) in [5, 5.41) is 7.00. The van der Waals surface area contributed by atoms with Crippen LogP contribution in [0.1, 0.15) is 37.5 Å². The standard InChI is InChI=1S/C23H33FN4O2.HI/c1-3-11-25-23(26-12-8-20-5-4-15-30-20)27-19-9-13-28(14-10-19)17-18-6-7-22(29-2)21(24)16-18;/h4-7,15-16,19H,3,8-14,17H2,1-2H3,(H2,25,26,27);1H. The number of nitrogens with zero attached hydrogens (tertiary/aromatic N) is 2. The van der Waals surface area contributed by atoms with Crippen molar-refractivity contribution < 1.29 is 13.5 Å². The third kappa shape index (κ3) is 8.33. The van der Waals surface area contributed by atoms with Crippen LogP contribution in [0.2, 0.25) is 0 Å². The van der Waals surface area contributed by atoms with Crippen LogP contribution in [0.5, 0.6) is 5.75 Å². The highest BCUT2D eigenvalue weighted by Gasteiger charge is 2.20. The Morgan fingerprint density at radius 2 is 2.10 bits per heavy atom. The number of piperidine rings is 1. The van der Waals surface area contributed by atoms with Gasteiger partial charge in [0.2, 0.25) is 0 Å². The van der Waals surface area contributed by atoms with Crippen molar-refractivity contribution in [3.05, 3.63) is 53.7 Å². The lowest BCUT2D eigenvalue weighted by atomic mass is 10.0. The summed E-state index contributed by atoms with van der Waals surface area (Å²) in [7, 11) is 1.49. The predicted octanol–water partition coefficient (Wildman–Crippen LogP) is 4.20. The van der Waals surface area contributed by atoms with Crippen LogP contribution in [0.4, 0.5) is 4.39 Å². The molecule has 1 aliphatic heterocycles. The lowest BCUT2D eigenvalue weighted by Gasteiger charge is -2.33. The van der Waals surface area contributed by atoms with E-state index in [1.165, 1.54) is 7.11 Å². The molecule has 0 radical (unpaired) electrons. The molecule has 1 aromatic carbocycles. The SMILES string of the molecule is CCCN=C(NCCc1ccco1)NC1CCN(Cc2ccc(OC)c(F)c2)CC1.I. The second kappa shape index (κ2) is 13.6. The number of benzene rings is 1. The van der Waals surface area contributed by atoms with Gasteiger partial charge >= 0.3 is 0 Å². The van der Waals surface area contributed by atoms with Gasteiger partial charge < -0.3 is 19.8 Å². The fourth-order valence-corrected chi connectivity index (χ4v) is 3.63. The first kappa shape index (κ1) is 25.5. The summed E-state index contributed by atoms with van der Waals surface area (Å²) in [5.41, 5.74) is 0.976. The van der Waals surface area contributed by atoms with Crippen molar-refractivity contribution in [1.82, 2.24) is 15.5 Å². The van der Waals surface area contributed by atoms with E-state index in [9.17, 15) is 4.39 Å². The quantitative estimate of drug-likeness (QED) is 0.282. The number of methoxy groups -OCH3 is 1. The normalized spacial score (nSPS) is 15.4. The molecule has 2 aromatic rings. The molecule has 6 nitrogen and oxygen atoms in total. The van der Waals surface area contributed by atoms with Crippen LogP contribution in [0.3, 0.4) is 0 Å². The Labute approximate surface area is 201 Å². The number of nitrogens with one attached hydrogen (secondary N) is 2. The van der Waals surface area contributed by atoms with Crippen LogP contribution >= 0.6 is 24.0 Å². The summed E-state index contributed by atoms with van der Waals surface area (Å²) < 4.78 is 24.3. The Kier molecular flexibility index (Phi) is 11.1. The van der Waals surface area contributed by atoms with Gasteiger partial charge in [-0.05, 0) is 49.1 Å². The summed E-state index contributed by atoms with van der Waals surface area (Å²) in [6.07, 6.45) is 5.61. The highest BCUT2D eigenvalue weighted by atomic mass is 127. The monoisotopic (exact) mass is 544 g/mol. The van der Waals surface area contributed by atoms with Crippen LogP contribution in [0, 0.1) is 5.82 Å². The smallest absolute Gasteiger partial charge is 0.191 e. The molecule has 0 unspecified atom stereocenters. The number of rotatable bonds is 9. The van der Waals surface area contributed by atoms with E-state index in [4.69, 9.17) is 9.15 Å².